The summed E-state index contributed by atoms with van der Waals surface area (Å²) < 4.78 is 0. The predicted octanol–water partition coefficient (Wildman–Crippen LogP) is 5.22. The fourth-order valence-electron chi connectivity index (χ4n) is 2.49. The number of hydrogen-bond acceptors (Lipinski definition) is 1. The van der Waals surface area contributed by atoms with E-state index in [1.165, 1.54) is 0 Å². The Hall–Kier alpha value is -3.13. The molecule has 23 heavy (non-hydrogen) atoms. The average molecular weight is 300 g/mol. The molecule has 3 aromatic rings. The molecule has 0 aliphatic rings. The van der Waals surface area contributed by atoms with E-state index in [-0.39, 0.29) is 0 Å². The van der Waals surface area contributed by atoms with E-state index in [0.717, 1.165) is 22.3 Å². The van der Waals surface area contributed by atoms with E-state index in [4.69, 9.17) is 0 Å². The van der Waals surface area contributed by atoms with Gasteiger partial charge in [-0.15, -0.1) is 0 Å². The lowest BCUT2D eigenvalue weighted by molar-refractivity contribution is 0.0697. The number of carboxylic acids is 1. The van der Waals surface area contributed by atoms with Crippen LogP contribution in [0.4, 0.5) is 0 Å². The van der Waals surface area contributed by atoms with Gasteiger partial charge in [0.25, 0.3) is 0 Å². The van der Waals surface area contributed by atoms with E-state index in [1.54, 1.807) is 12.1 Å². The molecule has 0 amide bonds. The lowest BCUT2D eigenvalue weighted by Crippen LogP contribution is -1.98. The van der Waals surface area contributed by atoms with Gasteiger partial charge in [-0.1, -0.05) is 78.9 Å². The van der Waals surface area contributed by atoms with Gasteiger partial charge in [0, 0.05) is 0 Å². The van der Waals surface area contributed by atoms with Gasteiger partial charge < -0.3 is 5.11 Å². The lowest BCUT2D eigenvalue weighted by Gasteiger charge is -2.07. The number of hydrogen-bond donors (Lipinski definition) is 1. The molecule has 0 saturated carbocycles. The van der Waals surface area contributed by atoms with Gasteiger partial charge in [-0.05, 0) is 34.4 Å². The first-order valence-electron chi connectivity index (χ1n) is 7.40. The van der Waals surface area contributed by atoms with Crippen LogP contribution in [-0.4, -0.2) is 11.1 Å². The number of aromatic carboxylic acids is 1. The van der Waals surface area contributed by atoms with E-state index in [0.29, 0.717) is 5.56 Å². The fraction of sp³-hybridized carbons (Fsp3) is 0. The Morgan fingerprint density at radius 1 is 0.739 bits per heavy atom. The van der Waals surface area contributed by atoms with Gasteiger partial charge in [-0.3, -0.25) is 0 Å². The van der Waals surface area contributed by atoms with Gasteiger partial charge in [-0.2, -0.15) is 0 Å². The molecular formula is C21H16O2. The van der Waals surface area contributed by atoms with E-state index in [2.05, 4.69) is 0 Å². The van der Waals surface area contributed by atoms with Crippen LogP contribution in [0.2, 0.25) is 0 Å². The van der Waals surface area contributed by atoms with Gasteiger partial charge >= 0.3 is 5.97 Å². The van der Waals surface area contributed by atoms with E-state index >= 15 is 0 Å². The zero-order valence-electron chi connectivity index (χ0n) is 12.5. The summed E-state index contributed by atoms with van der Waals surface area (Å²) in [7, 11) is 0. The molecule has 0 unspecified atom stereocenters. The Balaban J connectivity index is 1.95. The molecule has 0 aromatic heterocycles. The van der Waals surface area contributed by atoms with Gasteiger partial charge in [0.05, 0.1) is 5.56 Å². The smallest absolute Gasteiger partial charge is 0.336 e. The maximum atomic E-state index is 11.4. The molecule has 3 rings (SSSR count). The van der Waals surface area contributed by atoms with E-state index in [1.807, 2.05) is 78.9 Å². The first-order chi connectivity index (χ1) is 11.2. The second-order valence-corrected chi connectivity index (χ2v) is 5.22. The van der Waals surface area contributed by atoms with E-state index < -0.39 is 5.97 Å². The highest BCUT2D eigenvalue weighted by Crippen LogP contribution is 2.25. The van der Waals surface area contributed by atoms with Crippen LogP contribution in [0.1, 0.15) is 21.5 Å². The second kappa shape index (κ2) is 6.75. The summed E-state index contributed by atoms with van der Waals surface area (Å²) in [6.07, 6.45) is 4.07. The Bertz CT molecular complexity index is 848. The molecule has 0 aliphatic heterocycles. The van der Waals surface area contributed by atoms with Crippen LogP contribution in [0.5, 0.6) is 0 Å². The summed E-state index contributed by atoms with van der Waals surface area (Å²) in [5.41, 5.74) is 4.11. The van der Waals surface area contributed by atoms with Crippen LogP contribution in [0, 0.1) is 0 Å². The maximum absolute atomic E-state index is 11.4. The van der Waals surface area contributed by atoms with Crippen molar-refractivity contribution in [3.63, 3.8) is 0 Å². The topological polar surface area (TPSA) is 37.3 Å². The first-order valence-corrected chi connectivity index (χ1v) is 7.40. The minimum absolute atomic E-state index is 0.316. The summed E-state index contributed by atoms with van der Waals surface area (Å²) in [4.78, 5) is 11.4. The van der Waals surface area contributed by atoms with E-state index in [9.17, 15) is 9.90 Å². The molecule has 2 nitrogen and oxygen atoms in total. The maximum Gasteiger partial charge on any atom is 0.336 e. The van der Waals surface area contributed by atoms with Crippen LogP contribution in [0.3, 0.4) is 0 Å². The average Bonchev–Trinajstić information content (AvgIpc) is 2.61. The van der Waals surface area contributed by atoms with Crippen molar-refractivity contribution in [2.45, 2.75) is 0 Å². The Kier molecular flexibility index (Phi) is 4.34. The summed E-state index contributed by atoms with van der Waals surface area (Å²) >= 11 is 0. The molecule has 0 atom stereocenters. The Labute approximate surface area is 135 Å². The zero-order valence-corrected chi connectivity index (χ0v) is 12.5. The molecule has 0 spiro atoms. The third-order valence-electron chi connectivity index (χ3n) is 3.62. The molecule has 3 aromatic carbocycles. The molecule has 0 heterocycles. The third-order valence-corrected chi connectivity index (χ3v) is 3.62. The van der Waals surface area contributed by atoms with Gasteiger partial charge in [0.1, 0.15) is 0 Å². The van der Waals surface area contributed by atoms with Crippen molar-refractivity contribution in [2.24, 2.45) is 0 Å². The largest absolute Gasteiger partial charge is 0.478 e. The standard InChI is InChI=1S/C21H16O2/c22-21(23)20-12-5-4-11-19(20)18-10-6-9-17(15-18)14-13-16-7-2-1-3-8-16/h1-15H,(H,22,23). The minimum atomic E-state index is -0.911. The van der Waals surface area contributed by atoms with Crippen LogP contribution in [0.25, 0.3) is 23.3 Å². The Morgan fingerprint density at radius 3 is 2.17 bits per heavy atom. The van der Waals surface area contributed by atoms with Crippen molar-refractivity contribution in [2.75, 3.05) is 0 Å². The SMILES string of the molecule is O=C(O)c1ccccc1-c1cccc(C=Cc2ccccc2)c1. The minimum Gasteiger partial charge on any atom is -0.478 e. The summed E-state index contributed by atoms with van der Waals surface area (Å²) in [6.45, 7) is 0. The number of benzene rings is 3. The molecule has 0 bridgehead atoms. The highest BCUT2D eigenvalue weighted by molar-refractivity contribution is 5.96. The first kappa shape index (κ1) is 14.8. The monoisotopic (exact) mass is 300 g/mol. The van der Waals surface area contributed by atoms with Crippen LogP contribution >= 0.6 is 0 Å². The van der Waals surface area contributed by atoms with Gasteiger partial charge in [0.2, 0.25) is 0 Å². The van der Waals surface area contributed by atoms with Crippen LogP contribution < -0.4 is 0 Å². The van der Waals surface area contributed by atoms with Crippen molar-refractivity contribution in [3.8, 4) is 11.1 Å². The molecule has 0 radical (unpaired) electrons. The van der Waals surface area contributed by atoms with Gasteiger partial charge in [-0.25, -0.2) is 4.79 Å². The number of carboxylic acid groups (broad SMARTS) is 1. The summed E-state index contributed by atoms with van der Waals surface area (Å²) in [6, 6.07) is 25.0. The number of rotatable bonds is 4. The Morgan fingerprint density at radius 2 is 1.39 bits per heavy atom. The van der Waals surface area contributed by atoms with Crippen molar-refractivity contribution in [1.29, 1.82) is 0 Å². The zero-order chi connectivity index (χ0) is 16.1. The van der Waals surface area contributed by atoms with Crippen molar-refractivity contribution < 1.29 is 9.90 Å². The van der Waals surface area contributed by atoms with Crippen molar-refractivity contribution >= 4 is 18.1 Å². The highest BCUT2D eigenvalue weighted by atomic mass is 16.4. The molecule has 0 saturated heterocycles. The van der Waals surface area contributed by atoms with Crippen molar-refractivity contribution in [1.82, 2.24) is 0 Å². The fourth-order valence-corrected chi connectivity index (χ4v) is 2.49. The molecule has 0 fully saturated rings. The summed E-state index contributed by atoms with van der Waals surface area (Å²) in [5.74, 6) is -0.911. The molecule has 112 valence electrons. The van der Waals surface area contributed by atoms with Gasteiger partial charge in [0.15, 0.2) is 0 Å². The summed E-state index contributed by atoms with van der Waals surface area (Å²) in [5, 5.41) is 9.33. The van der Waals surface area contributed by atoms with Crippen molar-refractivity contribution in [3.05, 3.63) is 95.6 Å². The predicted molar refractivity (Wildman–Crippen MR) is 94.2 cm³/mol. The molecular weight excluding hydrogens is 284 g/mol. The second-order valence-electron chi connectivity index (χ2n) is 5.22. The third kappa shape index (κ3) is 3.55. The van der Waals surface area contributed by atoms with Crippen LogP contribution in [0.15, 0.2) is 78.9 Å². The number of carbonyl (C=O) groups is 1. The normalized spacial score (nSPS) is 10.8. The van der Waals surface area contributed by atoms with Crippen LogP contribution in [-0.2, 0) is 0 Å². The molecule has 1 N–H and O–H groups in total. The molecule has 2 heteroatoms. The quantitative estimate of drug-likeness (QED) is 0.670. The highest BCUT2D eigenvalue weighted by Gasteiger charge is 2.10. The lowest BCUT2D eigenvalue weighted by atomic mass is 9.98. The molecule has 0 aliphatic carbocycles.